The van der Waals surface area contributed by atoms with E-state index in [1.165, 1.54) is 49.5 Å². The van der Waals surface area contributed by atoms with E-state index >= 15 is 0 Å². The molecule has 3 amide bonds. The van der Waals surface area contributed by atoms with Crippen LogP contribution >= 0.6 is 11.6 Å². The number of hydrogen-bond acceptors (Lipinski definition) is 6. The number of rotatable bonds is 7. The Morgan fingerprint density at radius 1 is 1.16 bits per heavy atom. The van der Waals surface area contributed by atoms with E-state index in [2.05, 4.69) is 10.3 Å². The molecule has 9 nitrogen and oxygen atoms in total. The molecule has 13 heteroatoms. The van der Waals surface area contributed by atoms with Crippen LogP contribution in [-0.4, -0.2) is 51.4 Å². The largest absolute Gasteiger partial charge is 0.380 e. The maximum absolute atomic E-state index is 14.6. The number of pyridine rings is 1. The van der Waals surface area contributed by atoms with Gasteiger partial charge < -0.3 is 10.4 Å². The number of benzene rings is 2. The second kappa shape index (κ2) is 11.3. The zero-order chi connectivity index (χ0) is 31.1. The fourth-order valence-corrected chi connectivity index (χ4v) is 5.60. The number of carbonyl (C=O) groups is 3. The quantitative estimate of drug-likeness (QED) is 0.410. The normalized spacial score (nSPS) is 21.9. The molecule has 1 saturated carbocycles. The zero-order valence-corrected chi connectivity index (χ0v) is 23.4. The third-order valence-electron chi connectivity index (χ3n) is 7.46. The van der Waals surface area contributed by atoms with E-state index in [1.807, 2.05) is 6.07 Å². The van der Waals surface area contributed by atoms with Crippen molar-refractivity contribution in [3.05, 3.63) is 88.8 Å². The van der Waals surface area contributed by atoms with Gasteiger partial charge in [0.1, 0.15) is 29.3 Å². The fourth-order valence-electron chi connectivity index (χ4n) is 5.37. The van der Waals surface area contributed by atoms with Crippen molar-refractivity contribution in [2.24, 2.45) is 0 Å². The number of alkyl halides is 2. The number of amides is 3. The Bertz CT molecular complexity index is 1640. The molecule has 2 aliphatic rings. The van der Waals surface area contributed by atoms with E-state index in [4.69, 9.17) is 11.6 Å². The molecule has 3 aromatic rings. The zero-order valence-electron chi connectivity index (χ0n) is 22.7. The average Bonchev–Trinajstić information content (AvgIpc) is 3.19. The minimum atomic E-state index is -2.95. The van der Waals surface area contributed by atoms with Gasteiger partial charge in [-0.3, -0.25) is 24.2 Å². The van der Waals surface area contributed by atoms with Gasteiger partial charge in [0, 0.05) is 47.8 Å². The van der Waals surface area contributed by atoms with E-state index < -0.39 is 72.5 Å². The highest BCUT2D eigenvalue weighted by atomic mass is 35.5. The van der Waals surface area contributed by atoms with Crippen LogP contribution in [0.2, 0.25) is 5.02 Å². The minimum absolute atomic E-state index is 0.0607. The molecule has 1 aliphatic heterocycles. The lowest BCUT2D eigenvalue weighted by atomic mass is 9.87. The van der Waals surface area contributed by atoms with Gasteiger partial charge in [-0.25, -0.2) is 18.2 Å². The van der Waals surface area contributed by atoms with Crippen LogP contribution in [0.5, 0.6) is 0 Å². The van der Waals surface area contributed by atoms with E-state index in [9.17, 15) is 37.9 Å². The highest BCUT2D eigenvalue weighted by molar-refractivity contribution is 6.31. The van der Waals surface area contributed by atoms with E-state index in [1.54, 1.807) is 12.1 Å². The fraction of sp³-hybridized carbons (Fsp3) is 0.300. The molecular formula is C30H25ClF3N5O4. The van der Waals surface area contributed by atoms with Crippen LogP contribution < -0.4 is 15.1 Å². The molecule has 2 fully saturated rings. The van der Waals surface area contributed by atoms with Crippen molar-refractivity contribution in [3.8, 4) is 6.07 Å². The molecule has 222 valence electrons. The van der Waals surface area contributed by atoms with Crippen molar-refractivity contribution in [2.75, 3.05) is 9.80 Å². The SMILES string of the molecule is C[C@]1(O)C[C@@H](C(=O)N(c2cccc(F)c2)[C@H](C(=O)NC2CC(F)(F)C2)c2ccccc2Cl)N(c2cc(C#N)ccn2)C1=O. The number of hydrogen-bond donors (Lipinski definition) is 2. The molecule has 0 bridgehead atoms. The van der Waals surface area contributed by atoms with Crippen molar-refractivity contribution in [3.63, 3.8) is 0 Å². The van der Waals surface area contributed by atoms with Crippen molar-refractivity contribution < 1.29 is 32.7 Å². The maximum Gasteiger partial charge on any atom is 0.260 e. The smallest absolute Gasteiger partial charge is 0.260 e. The third kappa shape index (κ3) is 5.91. The van der Waals surface area contributed by atoms with E-state index in [0.29, 0.717) is 0 Å². The van der Waals surface area contributed by atoms with Crippen LogP contribution in [0.15, 0.2) is 66.9 Å². The van der Waals surface area contributed by atoms with Gasteiger partial charge in [-0.2, -0.15) is 5.26 Å². The number of aliphatic hydroxyl groups is 1. The Morgan fingerprint density at radius 3 is 2.53 bits per heavy atom. The van der Waals surface area contributed by atoms with Crippen molar-refractivity contribution in [1.82, 2.24) is 10.3 Å². The molecule has 43 heavy (non-hydrogen) atoms. The monoisotopic (exact) mass is 611 g/mol. The molecule has 1 aliphatic carbocycles. The molecule has 2 heterocycles. The number of nitrogens with zero attached hydrogens (tertiary/aromatic N) is 4. The molecule has 2 aromatic carbocycles. The lowest BCUT2D eigenvalue weighted by Crippen LogP contribution is -2.56. The van der Waals surface area contributed by atoms with Crippen molar-refractivity contribution in [2.45, 2.75) is 55.8 Å². The predicted molar refractivity (Wildman–Crippen MR) is 150 cm³/mol. The van der Waals surface area contributed by atoms with Crippen LogP contribution in [0.3, 0.4) is 0 Å². The van der Waals surface area contributed by atoms with Crippen LogP contribution in [-0.2, 0) is 14.4 Å². The van der Waals surface area contributed by atoms with Gasteiger partial charge in [-0.05, 0) is 43.3 Å². The second-order valence-electron chi connectivity index (χ2n) is 10.8. The Morgan fingerprint density at radius 2 is 1.88 bits per heavy atom. The number of halogens is 4. The number of carbonyl (C=O) groups excluding carboxylic acids is 3. The summed E-state index contributed by atoms with van der Waals surface area (Å²) in [5, 5.41) is 23.0. The summed E-state index contributed by atoms with van der Waals surface area (Å²) in [7, 11) is 0. The summed E-state index contributed by atoms with van der Waals surface area (Å²) in [6.45, 7) is 1.21. The van der Waals surface area contributed by atoms with Crippen LogP contribution in [0, 0.1) is 17.1 Å². The standard InChI is InChI=1S/C30H25ClF3N5O4/c1-29(43)15-23(39(28(29)42)24-11-17(16-35)9-10-36-24)27(41)38(20-6-4-5-18(32)12-20)25(21-7-2-3-8-22(21)31)26(40)37-19-13-30(33,34)14-19/h2-12,19,23,25,43H,13-15H2,1H3,(H,37,40)/t23-,25-,29-/m0/s1. The molecule has 5 rings (SSSR count). The third-order valence-corrected chi connectivity index (χ3v) is 7.80. The number of anilines is 2. The predicted octanol–water partition coefficient (Wildman–Crippen LogP) is 4.29. The number of nitriles is 1. The molecule has 0 radical (unpaired) electrons. The minimum Gasteiger partial charge on any atom is -0.380 e. The van der Waals surface area contributed by atoms with E-state index in [0.717, 1.165) is 21.9 Å². The Balaban J connectivity index is 1.65. The van der Waals surface area contributed by atoms with Gasteiger partial charge in [0.25, 0.3) is 17.7 Å². The first kappa shape index (κ1) is 30.0. The van der Waals surface area contributed by atoms with Gasteiger partial charge in [0.15, 0.2) is 0 Å². The molecule has 2 N–H and O–H groups in total. The van der Waals surface area contributed by atoms with Gasteiger partial charge in [0.2, 0.25) is 5.91 Å². The Labute approximate surface area is 249 Å². The summed E-state index contributed by atoms with van der Waals surface area (Å²) in [5.74, 6) is -6.46. The number of aromatic nitrogens is 1. The molecule has 1 aromatic heterocycles. The van der Waals surface area contributed by atoms with Crippen molar-refractivity contribution in [1.29, 1.82) is 5.26 Å². The van der Waals surface area contributed by atoms with Crippen LogP contribution in [0.1, 0.15) is 43.4 Å². The molecule has 1 saturated heterocycles. The molecule has 0 unspecified atom stereocenters. The van der Waals surface area contributed by atoms with Gasteiger partial charge in [-0.1, -0.05) is 35.9 Å². The average molecular weight is 612 g/mol. The first-order valence-electron chi connectivity index (χ1n) is 13.2. The van der Waals surface area contributed by atoms with Crippen molar-refractivity contribution >= 4 is 40.8 Å². The number of nitrogens with one attached hydrogen (secondary N) is 1. The second-order valence-corrected chi connectivity index (χ2v) is 11.2. The Hall–Kier alpha value is -4.47. The molecular weight excluding hydrogens is 587 g/mol. The summed E-state index contributed by atoms with van der Waals surface area (Å²) in [5.41, 5.74) is -1.90. The van der Waals surface area contributed by atoms with E-state index in [-0.39, 0.29) is 27.7 Å². The maximum atomic E-state index is 14.6. The highest BCUT2D eigenvalue weighted by Gasteiger charge is 2.54. The van der Waals surface area contributed by atoms with Gasteiger partial charge in [-0.15, -0.1) is 0 Å². The summed E-state index contributed by atoms with van der Waals surface area (Å²) in [6, 6.07) is 11.5. The lowest BCUT2D eigenvalue weighted by Gasteiger charge is -2.39. The summed E-state index contributed by atoms with van der Waals surface area (Å²) < 4.78 is 41.8. The highest BCUT2D eigenvalue weighted by Crippen LogP contribution is 2.40. The van der Waals surface area contributed by atoms with Gasteiger partial charge >= 0.3 is 0 Å². The molecule has 3 atom stereocenters. The van der Waals surface area contributed by atoms with Crippen LogP contribution in [0.4, 0.5) is 24.7 Å². The van der Waals surface area contributed by atoms with Gasteiger partial charge in [0.05, 0.1) is 11.6 Å². The molecule has 0 spiro atoms. The summed E-state index contributed by atoms with van der Waals surface area (Å²) in [6.07, 6.45) is -0.387. The Kier molecular flexibility index (Phi) is 7.89. The summed E-state index contributed by atoms with van der Waals surface area (Å²) in [4.78, 5) is 47.9. The topological polar surface area (TPSA) is 127 Å². The summed E-state index contributed by atoms with van der Waals surface area (Å²) >= 11 is 6.49. The first-order valence-corrected chi connectivity index (χ1v) is 13.6. The first-order chi connectivity index (χ1) is 20.3. The lowest BCUT2D eigenvalue weighted by molar-refractivity contribution is -0.133. The van der Waals surface area contributed by atoms with Crippen LogP contribution in [0.25, 0.3) is 0 Å².